The van der Waals surface area contributed by atoms with Crippen LogP contribution in [0.4, 0.5) is 0 Å². The first-order valence-electron chi connectivity index (χ1n) is 9.32. The molecule has 0 radical (unpaired) electrons. The lowest BCUT2D eigenvalue weighted by Gasteiger charge is -2.26. The van der Waals surface area contributed by atoms with E-state index in [1.54, 1.807) is 30.3 Å². The number of morpholine rings is 1. The van der Waals surface area contributed by atoms with Crippen molar-refractivity contribution < 1.29 is 13.9 Å². The average molecular weight is 434 g/mol. The summed E-state index contributed by atoms with van der Waals surface area (Å²) >= 11 is 12.0. The van der Waals surface area contributed by atoms with E-state index in [0.717, 1.165) is 44.8 Å². The van der Waals surface area contributed by atoms with E-state index in [1.807, 2.05) is 6.07 Å². The first kappa shape index (κ1) is 21.4. The molecule has 1 aliphatic heterocycles. The number of carbonyl (C=O) groups is 1. The molecule has 8 heteroatoms. The number of benzene rings is 1. The Labute approximate surface area is 179 Å². The van der Waals surface area contributed by atoms with Gasteiger partial charge in [0.25, 0.3) is 5.91 Å². The van der Waals surface area contributed by atoms with Crippen molar-refractivity contribution in [1.82, 2.24) is 10.2 Å². The van der Waals surface area contributed by atoms with Gasteiger partial charge in [-0.2, -0.15) is 5.26 Å². The van der Waals surface area contributed by atoms with Gasteiger partial charge in [-0.1, -0.05) is 23.2 Å². The summed E-state index contributed by atoms with van der Waals surface area (Å²) in [5.74, 6) is 0.561. The second kappa shape index (κ2) is 10.5. The van der Waals surface area contributed by atoms with E-state index in [1.165, 1.54) is 6.08 Å². The Balaban J connectivity index is 1.56. The van der Waals surface area contributed by atoms with Crippen molar-refractivity contribution in [3.8, 4) is 17.4 Å². The summed E-state index contributed by atoms with van der Waals surface area (Å²) in [6, 6.07) is 10.5. The number of amides is 1. The van der Waals surface area contributed by atoms with Gasteiger partial charge in [-0.25, -0.2) is 0 Å². The highest BCUT2D eigenvalue weighted by molar-refractivity contribution is 6.42. The molecule has 1 saturated heterocycles. The lowest BCUT2D eigenvalue weighted by Crippen LogP contribution is -2.38. The Kier molecular flexibility index (Phi) is 7.73. The van der Waals surface area contributed by atoms with Crippen LogP contribution in [0.25, 0.3) is 17.4 Å². The predicted octanol–water partition coefficient (Wildman–Crippen LogP) is 4.00. The molecule has 1 aliphatic rings. The highest BCUT2D eigenvalue weighted by atomic mass is 35.5. The molecule has 2 heterocycles. The number of carbonyl (C=O) groups excluding carboxylic acids is 1. The molecule has 0 aliphatic carbocycles. The van der Waals surface area contributed by atoms with Crippen LogP contribution in [0, 0.1) is 11.3 Å². The average Bonchev–Trinajstić information content (AvgIpc) is 3.20. The van der Waals surface area contributed by atoms with Crippen LogP contribution < -0.4 is 5.32 Å². The lowest BCUT2D eigenvalue weighted by atomic mass is 10.2. The first-order valence-corrected chi connectivity index (χ1v) is 10.1. The van der Waals surface area contributed by atoms with Gasteiger partial charge in [0.2, 0.25) is 0 Å². The monoisotopic (exact) mass is 433 g/mol. The van der Waals surface area contributed by atoms with Crippen molar-refractivity contribution in [2.24, 2.45) is 0 Å². The molecule has 0 spiro atoms. The summed E-state index contributed by atoms with van der Waals surface area (Å²) in [4.78, 5) is 14.6. The largest absolute Gasteiger partial charge is 0.457 e. The Hall–Kier alpha value is -2.30. The van der Waals surface area contributed by atoms with Crippen LogP contribution in [-0.2, 0) is 9.53 Å². The number of halogens is 2. The molecule has 1 N–H and O–H groups in total. The van der Waals surface area contributed by atoms with Gasteiger partial charge in [0, 0.05) is 31.3 Å². The van der Waals surface area contributed by atoms with Crippen LogP contribution in [0.1, 0.15) is 12.2 Å². The molecule has 152 valence electrons. The standard InChI is InChI=1S/C21H21Cl2N3O3/c22-18-4-2-15(13-19(18)23)20-5-3-17(29-20)12-16(14-24)21(27)25-6-1-7-26-8-10-28-11-9-26/h2-5,12-13H,1,6-11H2,(H,25,27). The van der Waals surface area contributed by atoms with Crippen molar-refractivity contribution in [3.05, 3.63) is 51.7 Å². The lowest BCUT2D eigenvalue weighted by molar-refractivity contribution is -0.117. The maximum Gasteiger partial charge on any atom is 0.262 e. The Bertz CT molecular complexity index is 927. The first-order chi connectivity index (χ1) is 14.1. The Morgan fingerprint density at radius 3 is 2.72 bits per heavy atom. The normalized spacial score (nSPS) is 15.1. The molecule has 1 aromatic heterocycles. The van der Waals surface area contributed by atoms with Crippen LogP contribution in [0.3, 0.4) is 0 Å². The maximum absolute atomic E-state index is 12.3. The highest BCUT2D eigenvalue weighted by Gasteiger charge is 2.13. The zero-order valence-corrected chi connectivity index (χ0v) is 17.3. The van der Waals surface area contributed by atoms with Gasteiger partial charge < -0.3 is 14.5 Å². The molecule has 0 saturated carbocycles. The van der Waals surface area contributed by atoms with Gasteiger partial charge in [0.05, 0.1) is 23.3 Å². The van der Waals surface area contributed by atoms with Crippen molar-refractivity contribution in [1.29, 1.82) is 5.26 Å². The molecule has 1 aromatic carbocycles. The zero-order chi connectivity index (χ0) is 20.6. The van der Waals surface area contributed by atoms with Crippen LogP contribution in [0.5, 0.6) is 0 Å². The summed E-state index contributed by atoms with van der Waals surface area (Å²) in [5, 5.41) is 13.0. The SMILES string of the molecule is N#CC(=Cc1ccc(-c2ccc(Cl)c(Cl)c2)o1)C(=O)NCCCN1CCOCC1. The fraction of sp³-hybridized carbons (Fsp3) is 0.333. The van der Waals surface area contributed by atoms with Gasteiger partial charge >= 0.3 is 0 Å². The number of nitrogens with one attached hydrogen (secondary N) is 1. The quantitative estimate of drug-likeness (QED) is 0.405. The number of hydrogen-bond donors (Lipinski definition) is 1. The smallest absolute Gasteiger partial charge is 0.262 e. The second-order valence-electron chi connectivity index (χ2n) is 6.56. The summed E-state index contributed by atoms with van der Waals surface area (Å²) in [6.07, 6.45) is 2.24. The third-order valence-electron chi connectivity index (χ3n) is 4.52. The molecule has 2 aromatic rings. The summed E-state index contributed by atoms with van der Waals surface area (Å²) in [6.45, 7) is 4.72. The van der Waals surface area contributed by atoms with Crippen LogP contribution in [0.2, 0.25) is 10.0 Å². The second-order valence-corrected chi connectivity index (χ2v) is 7.38. The van der Waals surface area contributed by atoms with E-state index >= 15 is 0 Å². The van der Waals surface area contributed by atoms with Gasteiger partial charge in [0.1, 0.15) is 23.2 Å². The summed E-state index contributed by atoms with van der Waals surface area (Å²) in [7, 11) is 0. The van der Waals surface area contributed by atoms with E-state index in [9.17, 15) is 10.1 Å². The number of rotatable bonds is 7. The summed E-state index contributed by atoms with van der Waals surface area (Å²) < 4.78 is 11.0. The van der Waals surface area contributed by atoms with Crippen molar-refractivity contribution in [3.63, 3.8) is 0 Å². The van der Waals surface area contributed by atoms with Gasteiger partial charge in [0.15, 0.2) is 0 Å². The van der Waals surface area contributed by atoms with Crippen LogP contribution in [-0.4, -0.2) is 50.2 Å². The minimum atomic E-state index is -0.415. The Morgan fingerprint density at radius 2 is 2.00 bits per heavy atom. The van der Waals surface area contributed by atoms with Crippen LogP contribution in [0.15, 0.2) is 40.3 Å². The third kappa shape index (κ3) is 6.09. The molecule has 0 atom stereocenters. The maximum atomic E-state index is 12.3. The van der Waals surface area contributed by atoms with Crippen molar-refractivity contribution in [2.75, 3.05) is 39.4 Å². The molecular weight excluding hydrogens is 413 g/mol. The topological polar surface area (TPSA) is 78.5 Å². The molecule has 1 amide bonds. The molecule has 0 bridgehead atoms. The molecular formula is C21H21Cl2N3O3. The van der Waals surface area contributed by atoms with E-state index in [0.29, 0.717) is 28.1 Å². The fourth-order valence-corrected chi connectivity index (χ4v) is 3.25. The molecule has 1 fully saturated rings. The number of hydrogen-bond acceptors (Lipinski definition) is 5. The van der Waals surface area contributed by atoms with E-state index in [4.69, 9.17) is 32.4 Å². The van der Waals surface area contributed by atoms with E-state index in [2.05, 4.69) is 10.2 Å². The number of ether oxygens (including phenoxy) is 1. The van der Waals surface area contributed by atoms with Gasteiger partial charge in [-0.3, -0.25) is 9.69 Å². The minimum Gasteiger partial charge on any atom is -0.457 e. The molecule has 6 nitrogen and oxygen atoms in total. The summed E-state index contributed by atoms with van der Waals surface area (Å²) in [5.41, 5.74) is 0.747. The van der Waals surface area contributed by atoms with Crippen molar-refractivity contribution >= 4 is 35.2 Å². The Morgan fingerprint density at radius 1 is 1.21 bits per heavy atom. The zero-order valence-electron chi connectivity index (χ0n) is 15.8. The van der Waals surface area contributed by atoms with Crippen LogP contribution >= 0.6 is 23.2 Å². The molecule has 0 unspecified atom stereocenters. The van der Waals surface area contributed by atoms with E-state index in [-0.39, 0.29) is 5.57 Å². The number of nitrogens with zero attached hydrogens (tertiary/aromatic N) is 2. The third-order valence-corrected chi connectivity index (χ3v) is 5.26. The van der Waals surface area contributed by atoms with E-state index < -0.39 is 5.91 Å². The highest BCUT2D eigenvalue weighted by Crippen LogP contribution is 2.30. The molecule has 29 heavy (non-hydrogen) atoms. The number of furan rings is 1. The molecule has 3 rings (SSSR count). The van der Waals surface area contributed by atoms with Crippen molar-refractivity contribution in [2.45, 2.75) is 6.42 Å². The van der Waals surface area contributed by atoms with Gasteiger partial charge in [-0.05, 0) is 43.3 Å². The number of nitriles is 1. The predicted molar refractivity (Wildman–Crippen MR) is 113 cm³/mol. The van der Waals surface area contributed by atoms with Gasteiger partial charge in [-0.15, -0.1) is 0 Å². The fourth-order valence-electron chi connectivity index (χ4n) is 2.95. The minimum absolute atomic E-state index is 0.00795.